The van der Waals surface area contributed by atoms with Gasteiger partial charge in [-0.3, -0.25) is 0 Å². The summed E-state index contributed by atoms with van der Waals surface area (Å²) in [5.74, 6) is -0.952. The summed E-state index contributed by atoms with van der Waals surface area (Å²) in [5.41, 5.74) is -1.03. The van der Waals surface area contributed by atoms with Crippen molar-refractivity contribution in [1.82, 2.24) is 0 Å². The van der Waals surface area contributed by atoms with E-state index in [1.807, 2.05) is 0 Å². The fourth-order valence-corrected chi connectivity index (χ4v) is 1.47. The van der Waals surface area contributed by atoms with E-state index in [1.165, 1.54) is 12.2 Å². The molecule has 1 aromatic rings. The maximum absolute atomic E-state index is 12.5. The second-order valence-corrected chi connectivity index (χ2v) is 3.86. The minimum absolute atomic E-state index is 0.0161. The number of alkyl halides is 4. The van der Waals surface area contributed by atoms with Crippen LogP contribution in [0.25, 0.3) is 6.08 Å². The van der Waals surface area contributed by atoms with Crippen molar-refractivity contribution in [2.45, 2.75) is 12.6 Å². The van der Waals surface area contributed by atoms with Crippen LogP contribution in [0.3, 0.4) is 0 Å². The zero-order chi connectivity index (χ0) is 13.8. The number of hydrogen-bond donors (Lipinski definition) is 1. The van der Waals surface area contributed by atoms with Crippen LogP contribution < -0.4 is 0 Å². The van der Waals surface area contributed by atoms with Crippen LogP contribution in [0.15, 0.2) is 24.3 Å². The smallest absolute Gasteiger partial charge is 0.416 e. The second kappa shape index (κ2) is 5.91. The molecule has 0 saturated heterocycles. The van der Waals surface area contributed by atoms with Gasteiger partial charge in [0.05, 0.1) is 11.1 Å². The Balaban J connectivity index is 3.20. The van der Waals surface area contributed by atoms with Crippen molar-refractivity contribution in [1.29, 1.82) is 0 Å². The Morgan fingerprint density at radius 1 is 1.39 bits per heavy atom. The van der Waals surface area contributed by atoms with Crippen molar-refractivity contribution in [3.05, 3.63) is 41.0 Å². The van der Waals surface area contributed by atoms with Crippen molar-refractivity contribution in [2.24, 2.45) is 0 Å². The molecule has 0 atom stereocenters. The van der Waals surface area contributed by atoms with Crippen LogP contribution in [0.1, 0.15) is 27.9 Å². The number of carboxylic acid groups (broad SMARTS) is 1. The number of aromatic carboxylic acids is 1. The first-order chi connectivity index (χ1) is 8.36. The maximum atomic E-state index is 12.5. The lowest BCUT2D eigenvalue weighted by Crippen LogP contribution is -2.07. The van der Waals surface area contributed by atoms with E-state index in [9.17, 15) is 18.0 Å². The molecule has 0 spiro atoms. The molecule has 1 N–H and O–H groups in total. The zero-order valence-corrected chi connectivity index (χ0v) is 9.92. The molecule has 1 aromatic carbocycles. The van der Waals surface area contributed by atoms with E-state index in [0.29, 0.717) is 12.3 Å². The van der Waals surface area contributed by atoms with Gasteiger partial charge in [-0.2, -0.15) is 13.2 Å². The molecule has 0 radical (unpaired) electrons. The molecule has 1 rings (SSSR count). The summed E-state index contributed by atoms with van der Waals surface area (Å²) in [6.07, 6.45) is -1.17. The molecule has 0 saturated carbocycles. The van der Waals surface area contributed by atoms with Crippen LogP contribution in [0.5, 0.6) is 0 Å². The quantitative estimate of drug-likeness (QED) is 0.844. The summed E-state index contributed by atoms with van der Waals surface area (Å²) in [6, 6.07) is 2.52. The SMILES string of the molecule is O=C(O)c1ccc(C(F)(F)F)cc1C=CCCCl. The third-order valence-corrected chi connectivity index (χ3v) is 2.40. The molecule has 0 unspecified atom stereocenters. The Labute approximate surface area is 107 Å². The molecule has 0 fully saturated rings. The number of carbonyl (C=O) groups is 1. The molecule has 0 aliphatic carbocycles. The molecule has 0 aliphatic heterocycles. The molecule has 6 heteroatoms. The standard InChI is InChI=1S/C12H10ClF3O2/c13-6-2-1-3-8-7-9(12(14,15)16)4-5-10(8)11(17)18/h1,3-5,7H,2,6H2,(H,17,18). The van der Waals surface area contributed by atoms with Crippen LogP contribution in [0.2, 0.25) is 0 Å². The Morgan fingerprint density at radius 2 is 2.06 bits per heavy atom. The van der Waals surface area contributed by atoms with Gasteiger partial charge in [0.2, 0.25) is 0 Å². The minimum atomic E-state index is -4.49. The number of hydrogen-bond acceptors (Lipinski definition) is 1. The van der Waals surface area contributed by atoms with Crippen molar-refractivity contribution in [3.8, 4) is 0 Å². The molecule has 0 amide bonds. The number of benzene rings is 1. The Bertz CT molecular complexity index is 467. The number of halogens is 4. The summed E-state index contributed by atoms with van der Waals surface area (Å²) in [4.78, 5) is 10.9. The first kappa shape index (κ1) is 14.6. The molecule has 0 aliphatic rings. The van der Waals surface area contributed by atoms with Gasteiger partial charge in [0.15, 0.2) is 0 Å². The Kier molecular flexibility index (Phi) is 4.78. The fourth-order valence-electron chi connectivity index (χ4n) is 1.35. The highest BCUT2D eigenvalue weighted by atomic mass is 35.5. The summed E-state index contributed by atoms with van der Waals surface area (Å²) in [5, 5.41) is 8.87. The first-order valence-electron chi connectivity index (χ1n) is 5.03. The number of rotatable bonds is 4. The summed E-state index contributed by atoms with van der Waals surface area (Å²) in [7, 11) is 0. The van der Waals surface area contributed by atoms with E-state index in [0.717, 1.165) is 18.2 Å². The van der Waals surface area contributed by atoms with Gasteiger partial charge in [-0.15, -0.1) is 11.6 Å². The highest BCUT2D eigenvalue weighted by molar-refractivity contribution is 6.17. The predicted molar refractivity (Wildman–Crippen MR) is 62.8 cm³/mol. The van der Waals surface area contributed by atoms with Crippen LogP contribution in [-0.4, -0.2) is 17.0 Å². The van der Waals surface area contributed by atoms with Crippen molar-refractivity contribution < 1.29 is 23.1 Å². The molecule has 0 aromatic heterocycles. The average molecular weight is 279 g/mol. The minimum Gasteiger partial charge on any atom is -0.478 e. The van der Waals surface area contributed by atoms with Crippen LogP contribution in [0.4, 0.5) is 13.2 Å². The largest absolute Gasteiger partial charge is 0.478 e. The van der Waals surface area contributed by atoms with Crippen LogP contribution in [0, 0.1) is 0 Å². The van der Waals surface area contributed by atoms with Gasteiger partial charge in [-0.25, -0.2) is 4.79 Å². The number of carboxylic acids is 1. The fraction of sp³-hybridized carbons (Fsp3) is 0.250. The van der Waals surface area contributed by atoms with Gasteiger partial charge in [0, 0.05) is 5.88 Å². The molecular formula is C12H10ClF3O2. The average Bonchev–Trinajstić information content (AvgIpc) is 2.27. The molecule has 18 heavy (non-hydrogen) atoms. The highest BCUT2D eigenvalue weighted by Gasteiger charge is 2.31. The van der Waals surface area contributed by atoms with Gasteiger partial charge >= 0.3 is 12.1 Å². The van der Waals surface area contributed by atoms with E-state index in [-0.39, 0.29) is 11.1 Å². The van der Waals surface area contributed by atoms with E-state index < -0.39 is 17.7 Å². The van der Waals surface area contributed by atoms with Crippen molar-refractivity contribution in [2.75, 3.05) is 5.88 Å². The van der Waals surface area contributed by atoms with Gasteiger partial charge < -0.3 is 5.11 Å². The predicted octanol–water partition coefficient (Wildman–Crippen LogP) is 4.05. The molecule has 98 valence electrons. The van der Waals surface area contributed by atoms with Crippen LogP contribution >= 0.6 is 11.6 Å². The highest BCUT2D eigenvalue weighted by Crippen LogP contribution is 2.31. The normalized spacial score (nSPS) is 12.0. The zero-order valence-electron chi connectivity index (χ0n) is 9.17. The summed E-state index contributed by atoms with van der Waals surface area (Å²) < 4.78 is 37.5. The maximum Gasteiger partial charge on any atom is 0.416 e. The third-order valence-electron chi connectivity index (χ3n) is 2.18. The Hall–Kier alpha value is -1.49. The first-order valence-corrected chi connectivity index (χ1v) is 5.56. The third kappa shape index (κ3) is 3.77. The topological polar surface area (TPSA) is 37.3 Å². The van der Waals surface area contributed by atoms with Crippen molar-refractivity contribution in [3.63, 3.8) is 0 Å². The summed E-state index contributed by atoms with van der Waals surface area (Å²) >= 11 is 5.43. The van der Waals surface area contributed by atoms with Gasteiger partial charge in [0.25, 0.3) is 0 Å². The lowest BCUT2D eigenvalue weighted by atomic mass is 10.0. The Morgan fingerprint density at radius 3 is 2.56 bits per heavy atom. The van der Waals surface area contributed by atoms with Crippen molar-refractivity contribution >= 4 is 23.6 Å². The van der Waals surface area contributed by atoms with E-state index in [1.54, 1.807) is 0 Å². The van der Waals surface area contributed by atoms with E-state index >= 15 is 0 Å². The molecular weight excluding hydrogens is 269 g/mol. The second-order valence-electron chi connectivity index (χ2n) is 3.48. The lowest BCUT2D eigenvalue weighted by molar-refractivity contribution is -0.137. The van der Waals surface area contributed by atoms with Crippen LogP contribution in [-0.2, 0) is 6.18 Å². The lowest BCUT2D eigenvalue weighted by Gasteiger charge is -2.09. The van der Waals surface area contributed by atoms with Gasteiger partial charge in [0.1, 0.15) is 0 Å². The van der Waals surface area contributed by atoms with E-state index in [2.05, 4.69) is 0 Å². The van der Waals surface area contributed by atoms with Gasteiger partial charge in [-0.1, -0.05) is 12.2 Å². The molecule has 2 nitrogen and oxygen atoms in total. The number of allylic oxidation sites excluding steroid dienone is 1. The van der Waals surface area contributed by atoms with E-state index in [4.69, 9.17) is 16.7 Å². The molecule has 0 heterocycles. The molecule has 0 bridgehead atoms. The monoisotopic (exact) mass is 278 g/mol. The van der Waals surface area contributed by atoms with Gasteiger partial charge in [-0.05, 0) is 30.2 Å². The summed E-state index contributed by atoms with van der Waals surface area (Å²) in [6.45, 7) is 0.